The molecular weight excluding hydrogens is 398 g/mol. The Bertz CT molecular complexity index is 892. The van der Waals surface area contributed by atoms with Crippen LogP contribution in [0.3, 0.4) is 0 Å². The lowest BCUT2D eigenvalue weighted by molar-refractivity contribution is -0.131. The number of rotatable bonds is 7. The monoisotopic (exact) mass is 431 g/mol. The maximum absolute atomic E-state index is 12.9. The molecule has 1 saturated carbocycles. The topological polar surface area (TPSA) is 81.1 Å². The molecule has 1 amide bonds. The molecule has 170 valence electrons. The summed E-state index contributed by atoms with van der Waals surface area (Å²) in [6, 6.07) is 1.87. The normalized spacial score (nSPS) is 21.5. The Hall–Kier alpha value is -2.35. The molecule has 1 aromatic rings. The number of esters is 1. The summed E-state index contributed by atoms with van der Waals surface area (Å²) in [4.78, 5) is 42.3. The van der Waals surface area contributed by atoms with Gasteiger partial charge in [0, 0.05) is 50.3 Å². The van der Waals surface area contributed by atoms with Crippen molar-refractivity contribution in [1.82, 2.24) is 14.4 Å². The first kappa shape index (κ1) is 21.9. The minimum Gasteiger partial charge on any atom is -0.492 e. The molecule has 0 N–H and O–H groups in total. The highest BCUT2D eigenvalue weighted by atomic mass is 16.5. The quantitative estimate of drug-likeness (QED) is 0.611. The SMILES string of the molecule is COC(=O)c1c(OCC[C@@H]2CCCN2C)cc(=O)n2c1CCN(C(=O)CC1CC1)CC2. The molecular formula is C23H33N3O5. The maximum Gasteiger partial charge on any atom is 0.343 e. The number of fused-ring (bicyclic) bond motifs is 1. The summed E-state index contributed by atoms with van der Waals surface area (Å²) in [5, 5.41) is 0. The molecule has 8 nitrogen and oxygen atoms in total. The third-order valence-corrected chi connectivity index (χ3v) is 6.88. The number of amides is 1. The highest BCUT2D eigenvalue weighted by molar-refractivity contribution is 5.93. The van der Waals surface area contributed by atoms with Gasteiger partial charge in [0.1, 0.15) is 11.3 Å². The van der Waals surface area contributed by atoms with Crippen molar-refractivity contribution in [2.24, 2.45) is 5.92 Å². The van der Waals surface area contributed by atoms with Gasteiger partial charge in [-0.25, -0.2) is 4.79 Å². The Kier molecular flexibility index (Phi) is 6.65. The Labute approximate surface area is 183 Å². The molecule has 4 rings (SSSR count). The number of nitrogens with zero attached hydrogens (tertiary/aromatic N) is 3. The lowest BCUT2D eigenvalue weighted by Gasteiger charge is -2.21. The second-order valence-electron chi connectivity index (χ2n) is 9.00. The Morgan fingerprint density at radius 2 is 1.94 bits per heavy atom. The zero-order valence-corrected chi connectivity index (χ0v) is 18.6. The molecule has 8 heteroatoms. The van der Waals surface area contributed by atoms with Crippen molar-refractivity contribution in [2.45, 2.75) is 57.5 Å². The van der Waals surface area contributed by atoms with Crippen LogP contribution >= 0.6 is 0 Å². The summed E-state index contributed by atoms with van der Waals surface area (Å²) >= 11 is 0. The molecule has 0 radical (unpaired) electrons. The van der Waals surface area contributed by atoms with Crippen molar-refractivity contribution in [3.63, 3.8) is 0 Å². The summed E-state index contributed by atoms with van der Waals surface area (Å²) in [6.07, 6.45) is 6.44. The second-order valence-corrected chi connectivity index (χ2v) is 9.00. The summed E-state index contributed by atoms with van der Waals surface area (Å²) in [7, 11) is 3.45. The lowest BCUT2D eigenvalue weighted by Crippen LogP contribution is -2.34. The van der Waals surface area contributed by atoms with Gasteiger partial charge in [0.25, 0.3) is 5.56 Å². The van der Waals surface area contributed by atoms with Crippen LogP contribution in [0.2, 0.25) is 0 Å². The van der Waals surface area contributed by atoms with Crippen molar-refractivity contribution in [3.8, 4) is 5.75 Å². The highest BCUT2D eigenvalue weighted by Crippen LogP contribution is 2.33. The van der Waals surface area contributed by atoms with Crippen LogP contribution in [0, 0.1) is 5.92 Å². The van der Waals surface area contributed by atoms with Gasteiger partial charge in [-0.1, -0.05) is 0 Å². The lowest BCUT2D eigenvalue weighted by atomic mass is 10.1. The van der Waals surface area contributed by atoms with Gasteiger partial charge in [0.15, 0.2) is 0 Å². The van der Waals surface area contributed by atoms with E-state index in [4.69, 9.17) is 9.47 Å². The first-order chi connectivity index (χ1) is 15.0. The molecule has 1 atom stereocenters. The van der Waals surface area contributed by atoms with E-state index in [-0.39, 0.29) is 11.5 Å². The number of hydrogen-bond donors (Lipinski definition) is 0. The van der Waals surface area contributed by atoms with Crippen molar-refractivity contribution in [3.05, 3.63) is 27.7 Å². The van der Waals surface area contributed by atoms with E-state index >= 15 is 0 Å². The number of ether oxygens (including phenoxy) is 2. The van der Waals surface area contributed by atoms with E-state index in [0.29, 0.717) is 68.0 Å². The van der Waals surface area contributed by atoms with Gasteiger partial charge in [0.2, 0.25) is 5.91 Å². The molecule has 1 aliphatic carbocycles. The van der Waals surface area contributed by atoms with Crippen LogP contribution < -0.4 is 10.3 Å². The minimum atomic E-state index is -0.505. The molecule has 31 heavy (non-hydrogen) atoms. The van der Waals surface area contributed by atoms with Crippen LogP contribution in [0.15, 0.2) is 10.9 Å². The predicted octanol–water partition coefficient (Wildman–Crippen LogP) is 1.68. The molecule has 1 saturated heterocycles. The molecule has 2 fully saturated rings. The predicted molar refractivity (Wildman–Crippen MR) is 115 cm³/mol. The van der Waals surface area contributed by atoms with E-state index in [9.17, 15) is 14.4 Å². The van der Waals surface area contributed by atoms with Crippen molar-refractivity contribution < 1.29 is 19.1 Å². The molecule has 3 aliphatic rings. The number of carbonyl (C=O) groups is 2. The fraction of sp³-hybridized carbons (Fsp3) is 0.696. The van der Waals surface area contributed by atoms with E-state index in [2.05, 4.69) is 11.9 Å². The van der Waals surface area contributed by atoms with Crippen LogP contribution in [0.5, 0.6) is 5.75 Å². The summed E-state index contributed by atoms with van der Waals surface area (Å²) in [6.45, 7) is 2.88. The second kappa shape index (κ2) is 9.42. The number of methoxy groups -OCH3 is 1. The largest absolute Gasteiger partial charge is 0.492 e. The van der Waals surface area contributed by atoms with Crippen LogP contribution in [-0.2, 0) is 22.5 Å². The average molecular weight is 432 g/mol. The third-order valence-electron chi connectivity index (χ3n) is 6.88. The Balaban J connectivity index is 1.53. The van der Waals surface area contributed by atoms with Crippen molar-refractivity contribution >= 4 is 11.9 Å². The Morgan fingerprint density at radius 1 is 1.13 bits per heavy atom. The number of aromatic nitrogens is 1. The summed E-state index contributed by atoms with van der Waals surface area (Å²) < 4.78 is 12.6. The first-order valence-electron chi connectivity index (χ1n) is 11.4. The summed E-state index contributed by atoms with van der Waals surface area (Å²) in [5.41, 5.74) is 0.722. The van der Waals surface area contributed by atoms with Gasteiger partial charge in [-0.15, -0.1) is 0 Å². The maximum atomic E-state index is 12.9. The van der Waals surface area contributed by atoms with Gasteiger partial charge in [-0.05, 0) is 51.6 Å². The average Bonchev–Trinajstić information content (AvgIpc) is 3.51. The van der Waals surface area contributed by atoms with Crippen LogP contribution in [0.25, 0.3) is 0 Å². The van der Waals surface area contributed by atoms with E-state index in [1.165, 1.54) is 19.6 Å². The van der Waals surface area contributed by atoms with E-state index < -0.39 is 5.97 Å². The third kappa shape index (κ3) is 4.95. The van der Waals surface area contributed by atoms with Crippen LogP contribution in [0.4, 0.5) is 0 Å². The van der Waals surface area contributed by atoms with E-state index in [1.54, 1.807) is 4.57 Å². The van der Waals surface area contributed by atoms with Crippen LogP contribution in [-0.4, -0.2) is 72.7 Å². The number of hydrogen-bond acceptors (Lipinski definition) is 6. The molecule has 1 aromatic heterocycles. The van der Waals surface area contributed by atoms with Gasteiger partial charge in [-0.2, -0.15) is 0 Å². The van der Waals surface area contributed by atoms with E-state index in [1.807, 2.05) is 4.90 Å². The highest BCUT2D eigenvalue weighted by Gasteiger charge is 2.30. The molecule has 0 aromatic carbocycles. The van der Waals surface area contributed by atoms with Gasteiger partial charge >= 0.3 is 5.97 Å². The van der Waals surface area contributed by atoms with Gasteiger partial charge in [0.05, 0.1) is 13.7 Å². The number of carbonyl (C=O) groups excluding carboxylic acids is 2. The van der Waals surface area contributed by atoms with Crippen molar-refractivity contribution in [2.75, 3.05) is 40.4 Å². The van der Waals surface area contributed by atoms with Gasteiger partial charge in [-0.3, -0.25) is 9.59 Å². The molecule has 2 aliphatic heterocycles. The fourth-order valence-electron chi connectivity index (χ4n) is 4.78. The number of likely N-dealkylation sites (tertiary alicyclic amines) is 1. The fourth-order valence-corrected chi connectivity index (χ4v) is 4.78. The minimum absolute atomic E-state index is 0.139. The summed E-state index contributed by atoms with van der Waals surface area (Å²) in [5.74, 6) is 0.446. The van der Waals surface area contributed by atoms with Gasteiger partial charge < -0.3 is 23.8 Å². The zero-order chi connectivity index (χ0) is 22.0. The molecule has 0 unspecified atom stereocenters. The molecule has 0 bridgehead atoms. The first-order valence-corrected chi connectivity index (χ1v) is 11.4. The smallest absolute Gasteiger partial charge is 0.343 e. The van der Waals surface area contributed by atoms with Crippen molar-refractivity contribution in [1.29, 1.82) is 0 Å². The Morgan fingerprint density at radius 3 is 2.61 bits per heavy atom. The molecule has 3 heterocycles. The molecule has 0 spiro atoms. The zero-order valence-electron chi connectivity index (χ0n) is 18.6. The van der Waals surface area contributed by atoms with E-state index in [0.717, 1.165) is 32.2 Å². The number of pyridine rings is 1. The van der Waals surface area contributed by atoms with Crippen LogP contribution in [0.1, 0.15) is 54.6 Å². The standard InChI is InChI=1S/C23H33N3O5/c1-24-9-3-4-17(24)8-13-31-19-15-21(28)26-12-11-25(20(27)14-16-5-6-16)10-7-18(26)22(19)23(29)30-2/h15-17H,3-14H2,1-2H3/t17-/m0/s1.